The molecule has 3 rings (SSSR count). The molecule has 0 amide bonds. The van der Waals surface area contributed by atoms with Crippen molar-refractivity contribution in [3.05, 3.63) is 65.1 Å². The van der Waals surface area contributed by atoms with Gasteiger partial charge in [0.25, 0.3) is 0 Å². The molecular formula is C25H29N5OS. The van der Waals surface area contributed by atoms with E-state index in [1.165, 1.54) is 0 Å². The zero-order valence-corrected chi connectivity index (χ0v) is 20.3. The van der Waals surface area contributed by atoms with Crippen LogP contribution in [0, 0.1) is 18.8 Å². The first-order valence-electron chi connectivity index (χ1n) is 10.4. The van der Waals surface area contributed by atoms with Crippen LogP contribution >= 0.6 is 0 Å². The Hall–Kier alpha value is -3.24. The standard InChI is InChI=1S/C25H29N5OS/c1-8-21-20(10-9-18-13-22(17(2)27-15-18)30-32(6,7)31)24(29-16-28-21)19-11-12-26-23(14-19)25(3,4)5/h11-16H,6,8H2,1-5,7H3,(H,30,31). The van der Waals surface area contributed by atoms with E-state index in [9.17, 15) is 4.21 Å². The molecule has 32 heavy (non-hydrogen) atoms. The van der Waals surface area contributed by atoms with Crippen molar-refractivity contribution in [1.82, 2.24) is 19.9 Å². The summed E-state index contributed by atoms with van der Waals surface area (Å²) in [5.74, 6) is 10.1. The molecule has 0 radical (unpaired) electrons. The van der Waals surface area contributed by atoms with Crippen molar-refractivity contribution < 1.29 is 4.21 Å². The van der Waals surface area contributed by atoms with Crippen LogP contribution in [0.5, 0.6) is 0 Å². The number of rotatable bonds is 4. The highest BCUT2D eigenvalue weighted by atomic mass is 32.2. The summed E-state index contributed by atoms with van der Waals surface area (Å²) < 4.78 is 15.0. The van der Waals surface area contributed by atoms with Crippen LogP contribution in [0.15, 0.2) is 36.9 Å². The summed E-state index contributed by atoms with van der Waals surface area (Å²) >= 11 is 0. The summed E-state index contributed by atoms with van der Waals surface area (Å²) in [6.45, 7) is 10.3. The van der Waals surface area contributed by atoms with E-state index in [1.54, 1.807) is 18.8 Å². The number of nitrogens with zero attached hydrogens (tertiary/aromatic N) is 4. The maximum atomic E-state index is 12.1. The lowest BCUT2D eigenvalue weighted by Crippen LogP contribution is -2.13. The second-order valence-corrected chi connectivity index (χ2v) is 11.0. The highest BCUT2D eigenvalue weighted by Crippen LogP contribution is 2.27. The van der Waals surface area contributed by atoms with E-state index < -0.39 is 9.71 Å². The smallest absolute Gasteiger partial charge is 0.116 e. The molecule has 1 atom stereocenters. The van der Waals surface area contributed by atoms with Gasteiger partial charge < -0.3 is 4.72 Å². The Morgan fingerprint density at radius 3 is 2.53 bits per heavy atom. The van der Waals surface area contributed by atoms with Gasteiger partial charge >= 0.3 is 0 Å². The minimum absolute atomic E-state index is 0.0778. The number of aromatic nitrogens is 4. The fraction of sp³-hybridized carbons (Fsp3) is 0.320. The molecule has 0 saturated heterocycles. The minimum atomic E-state index is -2.42. The summed E-state index contributed by atoms with van der Waals surface area (Å²) in [7, 11) is -2.42. The van der Waals surface area contributed by atoms with Gasteiger partial charge in [0, 0.05) is 50.6 Å². The van der Waals surface area contributed by atoms with Crippen molar-refractivity contribution in [1.29, 1.82) is 0 Å². The summed E-state index contributed by atoms with van der Waals surface area (Å²) in [4.78, 5) is 17.9. The molecule has 0 aliphatic carbocycles. The first kappa shape index (κ1) is 23.4. The van der Waals surface area contributed by atoms with E-state index in [0.29, 0.717) is 11.3 Å². The molecule has 0 spiro atoms. The summed E-state index contributed by atoms with van der Waals surface area (Å²) in [6.07, 6.45) is 7.37. The van der Waals surface area contributed by atoms with Gasteiger partial charge in [0.1, 0.15) is 6.33 Å². The molecule has 3 aromatic rings. The molecule has 0 aliphatic heterocycles. The maximum Gasteiger partial charge on any atom is 0.116 e. The fourth-order valence-corrected chi connectivity index (χ4v) is 3.77. The Morgan fingerprint density at radius 1 is 1.12 bits per heavy atom. The zero-order valence-electron chi connectivity index (χ0n) is 19.5. The minimum Gasteiger partial charge on any atom is -0.311 e. The van der Waals surface area contributed by atoms with Crippen LogP contribution in [0.4, 0.5) is 5.69 Å². The van der Waals surface area contributed by atoms with E-state index in [4.69, 9.17) is 0 Å². The number of pyridine rings is 2. The molecule has 0 fully saturated rings. The topological polar surface area (TPSA) is 80.7 Å². The molecule has 166 valence electrons. The molecule has 0 saturated carbocycles. The molecular weight excluding hydrogens is 418 g/mol. The Labute approximate surface area is 191 Å². The molecule has 1 N–H and O–H groups in total. The lowest BCUT2D eigenvalue weighted by atomic mass is 9.90. The lowest BCUT2D eigenvalue weighted by Gasteiger charge is -2.18. The first-order chi connectivity index (χ1) is 15.0. The number of hydrogen-bond acceptors (Lipinski definition) is 5. The lowest BCUT2D eigenvalue weighted by molar-refractivity contribution is 0.569. The molecule has 7 heteroatoms. The molecule has 0 bridgehead atoms. The van der Waals surface area contributed by atoms with Crippen molar-refractivity contribution in [2.24, 2.45) is 0 Å². The van der Waals surface area contributed by atoms with Crippen molar-refractivity contribution in [2.45, 2.75) is 46.5 Å². The number of hydrogen-bond donors (Lipinski definition) is 1. The maximum absolute atomic E-state index is 12.1. The summed E-state index contributed by atoms with van der Waals surface area (Å²) in [5, 5.41) is 0. The number of nitrogens with one attached hydrogen (secondary N) is 1. The molecule has 0 aromatic carbocycles. The van der Waals surface area contributed by atoms with Crippen LogP contribution in [0.25, 0.3) is 11.3 Å². The summed E-state index contributed by atoms with van der Waals surface area (Å²) in [5.41, 5.74) is 6.40. The average molecular weight is 448 g/mol. The van der Waals surface area contributed by atoms with E-state index in [-0.39, 0.29) is 5.41 Å². The van der Waals surface area contributed by atoms with E-state index >= 15 is 0 Å². The van der Waals surface area contributed by atoms with Gasteiger partial charge in [-0.25, -0.2) is 14.2 Å². The van der Waals surface area contributed by atoms with Gasteiger partial charge in [-0.15, -0.1) is 0 Å². The van der Waals surface area contributed by atoms with Crippen molar-refractivity contribution >= 4 is 21.3 Å². The van der Waals surface area contributed by atoms with E-state index in [1.807, 2.05) is 32.2 Å². The third kappa shape index (κ3) is 5.71. The van der Waals surface area contributed by atoms with Gasteiger partial charge in [-0.1, -0.05) is 39.5 Å². The molecule has 3 heterocycles. The zero-order chi connectivity index (χ0) is 23.5. The SMILES string of the molecule is C=S(C)(=O)Nc1cc(C#Cc2c(CC)ncnc2-c2ccnc(C(C)(C)C)c2)cnc1C. The third-order valence-corrected chi connectivity index (χ3v) is 5.46. The highest BCUT2D eigenvalue weighted by molar-refractivity contribution is 8.00. The first-order valence-corrected chi connectivity index (χ1v) is 12.5. The number of aryl methyl sites for hydroxylation is 2. The number of anilines is 1. The Balaban J connectivity index is 2.10. The van der Waals surface area contributed by atoms with Crippen molar-refractivity contribution in [3.63, 3.8) is 0 Å². The van der Waals surface area contributed by atoms with Crippen LogP contribution in [-0.4, -0.2) is 36.3 Å². The molecule has 3 aromatic heterocycles. The van der Waals surface area contributed by atoms with Crippen molar-refractivity contribution in [3.8, 4) is 23.1 Å². The highest BCUT2D eigenvalue weighted by Gasteiger charge is 2.18. The predicted octanol–water partition coefficient (Wildman–Crippen LogP) is 4.17. The second-order valence-electron chi connectivity index (χ2n) is 8.79. The van der Waals surface area contributed by atoms with E-state index in [0.717, 1.165) is 40.3 Å². The van der Waals surface area contributed by atoms with Crippen LogP contribution in [0.2, 0.25) is 0 Å². The van der Waals surface area contributed by atoms with Gasteiger partial charge in [0.2, 0.25) is 0 Å². The van der Waals surface area contributed by atoms with Gasteiger partial charge in [0.05, 0.1) is 28.3 Å². The van der Waals surface area contributed by atoms with Crippen molar-refractivity contribution in [2.75, 3.05) is 11.0 Å². The van der Waals surface area contributed by atoms with Crippen LogP contribution in [0.3, 0.4) is 0 Å². The second kappa shape index (κ2) is 9.09. The monoisotopic (exact) mass is 447 g/mol. The quantitative estimate of drug-likeness (QED) is 0.479. The Morgan fingerprint density at radius 2 is 1.88 bits per heavy atom. The van der Waals surface area contributed by atoms with Crippen LogP contribution in [-0.2, 0) is 21.5 Å². The molecule has 1 unspecified atom stereocenters. The van der Waals surface area contributed by atoms with Gasteiger partial charge in [-0.3, -0.25) is 9.97 Å². The molecule has 6 nitrogen and oxygen atoms in total. The predicted molar refractivity (Wildman–Crippen MR) is 133 cm³/mol. The fourth-order valence-electron chi connectivity index (χ4n) is 3.10. The normalized spacial score (nSPS) is 13.1. The largest absolute Gasteiger partial charge is 0.311 e. The van der Waals surface area contributed by atoms with Crippen LogP contribution in [0.1, 0.15) is 55.9 Å². The Bertz CT molecular complexity index is 1310. The Kier molecular flexibility index (Phi) is 6.65. The van der Waals surface area contributed by atoms with Gasteiger partial charge in [-0.05, 0) is 37.4 Å². The van der Waals surface area contributed by atoms with Crippen LogP contribution < -0.4 is 4.72 Å². The van der Waals surface area contributed by atoms with Gasteiger partial charge in [-0.2, -0.15) is 0 Å². The average Bonchev–Trinajstić information content (AvgIpc) is 2.72. The van der Waals surface area contributed by atoms with Gasteiger partial charge in [0.15, 0.2) is 0 Å². The third-order valence-electron chi connectivity index (χ3n) is 4.81. The summed E-state index contributed by atoms with van der Waals surface area (Å²) in [6, 6.07) is 5.85. The van der Waals surface area contributed by atoms with E-state index in [2.05, 4.69) is 69.2 Å². The molecule has 0 aliphatic rings.